The molecule has 0 aliphatic rings. The number of hydrogen-bond acceptors (Lipinski definition) is 5. The van der Waals surface area contributed by atoms with E-state index >= 15 is 0 Å². The molecule has 2 rings (SSSR count). The van der Waals surface area contributed by atoms with Crippen molar-refractivity contribution in [2.45, 2.75) is 0 Å². The molecule has 0 amide bonds. The van der Waals surface area contributed by atoms with E-state index < -0.39 is 4.92 Å². The van der Waals surface area contributed by atoms with Crippen LogP contribution < -0.4 is 10.5 Å². The Morgan fingerprint density at radius 2 is 2.05 bits per heavy atom. The predicted molar refractivity (Wildman–Crippen MR) is 73.4 cm³/mol. The minimum atomic E-state index is -0.577. The number of nitrogens with zero attached hydrogens (tertiary/aromatic N) is 2. The number of nitrogens with one attached hydrogen (secondary N) is 1. The van der Waals surface area contributed by atoms with Crippen LogP contribution in [0.15, 0.2) is 36.5 Å². The number of benzene rings is 1. The molecule has 0 bridgehead atoms. The number of amidine groups is 1. The molecule has 0 aliphatic carbocycles. The van der Waals surface area contributed by atoms with Crippen LogP contribution in [-0.2, 0) is 0 Å². The fourth-order valence-corrected chi connectivity index (χ4v) is 1.70. The van der Waals surface area contributed by atoms with Gasteiger partial charge in [0, 0.05) is 24.4 Å². The van der Waals surface area contributed by atoms with Crippen LogP contribution in [-0.4, -0.2) is 15.7 Å². The van der Waals surface area contributed by atoms with Crippen molar-refractivity contribution in [1.82, 2.24) is 4.98 Å². The van der Waals surface area contributed by atoms with Gasteiger partial charge in [0.25, 0.3) is 5.69 Å². The van der Waals surface area contributed by atoms with Crippen LogP contribution in [0, 0.1) is 15.5 Å². The molecular formula is C12H9ClN4O3. The van der Waals surface area contributed by atoms with E-state index in [1.54, 1.807) is 6.07 Å². The van der Waals surface area contributed by atoms with E-state index in [0.29, 0.717) is 11.5 Å². The zero-order valence-electron chi connectivity index (χ0n) is 10.0. The first kappa shape index (κ1) is 13.8. The molecule has 0 fully saturated rings. The van der Waals surface area contributed by atoms with Crippen LogP contribution in [0.25, 0.3) is 0 Å². The second-order valence-corrected chi connectivity index (χ2v) is 4.17. The van der Waals surface area contributed by atoms with Crippen LogP contribution >= 0.6 is 11.6 Å². The maximum absolute atomic E-state index is 10.6. The summed E-state index contributed by atoms with van der Waals surface area (Å²) < 4.78 is 5.49. The minimum absolute atomic E-state index is 0.0200. The molecule has 0 saturated carbocycles. The monoisotopic (exact) mass is 292 g/mol. The number of nitro groups is 1. The van der Waals surface area contributed by atoms with Crippen LogP contribution in [0.2, 0.25) is 5.02 Å². The van der Waals surface area contributed by atoms with Gasteiger partial charge < -0.3 is 10.5 Å². The first-order valence-electron chi connectivity index (χ1n) is 5.39. The Bertz CT molecular complexity index is 690. The van der Waals surface area contributed by atoms with Gasteiger partial charge >= 0.3 is 0 Å². The molecule has 0 spiro atoms. The average Bonchev–Trinajstić information content (AvgIpc) is 2.38. The second-order valence-electron chi connectivity index (χ2n) is 3.76. The van der Waals surface area contributed by atoms with Gasteiger partial charge in [-0.05, 0) is 12.1 Å². The van der Waals surface area contributed by atoms with Gasteiger partial charge in [-0.25, -0.2) is 0 Å². The zero-order valence-corrected chi connectivity index (χ0v) is 10.8. The Kier molecular flexibility index (Phi) is 3.81. The van der Waals surface area contributed by atoms with Crippen molar-refractivity contribution in [3.63, 3.8) is 0 Å². The number of nitrogen functional groups attached to an aromatic ring is 1. The maximum Gasteiger partial charge on any atom is 0.288 e. The standard InChI is InChI=1S/C12H9ClN4O3/c13-9-5-7(1-2-11(9)17(18)19)20-8-3-4-16-10(6-8)12(14)15/h1-6H,(H3,14,15). The normalized spacial score (nSPS) is 10.1. The highest BCUT2D eigenvalue weighted by Gasteiger charge is 2.13. The third kappa shape index (κ3) is 3.01. The molecule has 2 aromatic rings. The number of hydrogen-bond donors (Lipinski definition) is 2. The number of ether oxygens (including phenoxy) is 1. The van der Waals surface area contributed by atoms with E-state index in [1.165, 1.54) is 30.5 Å². The van der Waals surface area contributed by atoms with E-state index in [1.807, 2.05) is 0 Å². The number of nitro benzene ring substituents is 1. The summed E-state index contributed by atoms with van der Waals surface area (Å²) in [5, 5.41) is 17.9. The molecule has 0 saturated heterocycles. The van der Waals surface area contributed by atoms with Crippen molar-refractivity contribution in [3.8, 4) is 11.5 Å². The number of pyridine rings is 1. The van der Waals surface area contributed by atoms with E-state index in [4.69, 9.17) is 27.5 Å². The van der Waals surface area contributed by atoms with Gasteiger partial charge in [0.05, 0.1) is 4.92 Å². The lowest BCUT2D eigenvalue weighted by molar-refractivity contribution is -0.384. The molecule has 1 heterocycles. The average molecular weight is 293 g/mol. The quantitative estimate of drug-likeness (QED) is 0.389. The SMILES string of the molecule is N=C(N)c1cc(Oc2ccc([N+](=O)[O-])c(Cl)c2)ccn1. The number of nitrogens with two attached hydrogens (primary N) is 1. The summed E-state index contributed by atoms with van der Waals surface area (Å²) in [7, 11) is 0. The van der Waals surface area contributed by atoms with Gasteiger partial charge in [-0.1, -0.05) is 11.6 Å². The third-order valence-corrected chi connectivity index (χ3v) is 2.66. The Hall–Kier alpha value is -2.67. The second kappa shape index (κ2) is 5.54. The molecular weight excluding hydrogens is 284 g/mol. The summed E-state index contributed by atoms with van der Waals surface area (Å²) in [6.07, 6.45) is 1.44. The summed E-state index contributed by atoms with van der Waals surface area (Å²) in [6.45, 7) is 0. The molecule has 0 unspecified atom stereocenters. The predicted octanol–water partition coefficient (Wildman–Crippen LogP) is 2.72. The fraction of sp³-hybridized carbons (Fsp3) is 0. The fourth-order valence-electron chi connectivity index (χ4n) is 1.46. The van der Waals surface area contributed by atoms with Gasteiger partial charge in [-0.2, -0.15) is 0 Å². The molecule has 1 aromatic heterocycles. The molecule has 102 valence electrons. The summed E-state index contributed by atoms with van der Waals surface area (Å²) in [5.74, 6) is 0.550. The van der Waals surface area contributed by atoms with Crippen LogP contribution in [0.4, 0.5) is 5.69 Å². The Labute approximate surface area is 118 Å². The molecule has 0 aliphatic heterocycles. The van der Waals surface area contributed by atoms with Crippen molar-refractivity contribution >= 4 is 23.1 Å². The molecule has 1 aromatic carbocycles. The number of aromatic nitrogens is 1. The van der Waals surface area contributed by atoms with E-state index in [-0.39, 0.29) is 22.2 Å². The maximum atomic E-state index is 10.6. The summed E-state index contributed by atoms with van der Waals surface area (Å²) >= 11 is 5.78. The van der Waals surface area contributed by atoms with Crippen molar-refractivity contribution in [2.75, 3.05) is 0 Å². The van der Waals surface area contributed by atoms with E-state index in [0.717, 1.165) is 0 Å². The van der Waals surface area contributed by atoms with Gasteiger partial charge in [0.1, 0.15) is 28.1 Å². The van der Waals surface area contributed by atoms with Crippen molar-refractivity contribution in [3.05, 3.63) is 57.4 Å². The Balaban J connectivity index is 2.26. The molecule has 20 heavy (non-hydrogen) atoms. The lowest BCUT2D eigenvalue weighted by atomic mass is 10.3. The topological polar surface area (TPSA) is 115 Å². The Morgan fingerprint density at radius 3 is 2.65 bits per heavy atom. The lowest BCUT2D eigenvalue weighted by Crippen LogP contribution is -2.12. The van der Waals surface area contributed by atoms with Crippen molar-refractivity contribution < 1.29 is 9.66 Å². The number of rotatable bonds is 4. The molecule has 7 nitrogen and oxygen atoms in total. The zero-order chi connectivity index (χ0) is 14.7. The lowest BCUT2D eigenvalue weighted by Gasteiger charge is -2.07. The largest absolute Gasteiger partial charge is 0.457 e. The third-order valence-electron chi connectivity index (χ3n) is 2.36. The summed E-state index contributed by atoms with van der Waals surface area (Å²) in [6, 6.07) is 7.08. The van der Waals surface area contributed by atoms with Crippen molar-refractivity contribution in [2.24, 2.45) is 5.73 Å². The number of halogens is 1. The summed E-state index contributed by atoms with van der Waals surface area (Å²) in [4.78, 5) is 14.0. The highest BCUT2D eigenvalue weighted by Crippen LogP contribution is 2.30. The van der Waals surface area contributed by atoms with Gasteiger partial charge in [0.15, 0.2) is 0 Å². The van der Waals surface area contributed by atoms with Crippen LogP contribution in [0.1, 0.15) is 5.69 Å². The molecule has 0 radical (unpaired) electrons. The van der Waals surface area contributed by atoms with Crippen LogP contribution in [0.5, 0.6) is 11.5 Å². The van der Waals surface area contributed by atoms with Gasteiger partial charge in [-0.15, -0.1) is 0 Å². The van der Waals surface area contributed by atoms with Gasteiger partial charge in [0.2, 0.25) is 0 Å². The van der Waals surface area contributed by atoms with Crippen LogP contribution in [0.3, 0.4) is 0 Å². The molecule has 3 N–H and O–H groups in total. The highest BCUT2D eigenvalue weighted by molar-refractivity contribution is 6.32. The van der Waals surface area contributed by atoms with E-state index in [2.05, 4.69) is 4.98 Å². The minimum Gasteiger partial charge on any atom is -0.457 e. The van der Waals surface area contributed by atoms with Crippen molar-refractivity contribution in [1.29, 1.82) is 5.41 Å². The first-order valence-corrected chi connectivity index (χ1v) is 5.77. The van der Waals surface area contributed by atoms with E-state index in [9.17, 15) is 10.1 Å². The Morgan fingerprint density at radius 1 is 1.35 bits per heavy atom. The summed E-state index contributed by atoms with van der Waals surface area (Å²) in [5.41, 5.74) is 5.40. The highest BCUT2D eigenvalue weighted by atomic mass is 35.5. The smallest absolute Gasteiger partial charge is 0.288 e. The molecule has 8 heteroatoms. The first-order chi connectivity index (χ1) is 9.47. The van der Waals surface area contributed by atoms with Gasteiger partial charge in [-0.3, -0.25) is 20.5 Å². The molecule has 0 atom stereocenters.